The van der Waals surface area contributed by atoms with Gasteiger partial charge in [-0.25, -0.2) is 4.98 Å². The molecule has 0 aliphatic carbocycles. The summed E-state index contributed by atoms with van der Waals surface area (Å²) in [5, 5.41) is 12.3. The molecule has 1 amide bonds. The Morgan fingerprint density at radius 3 is 2.85 bits per heavy atom. The van der Waals surface area contributed by atoms with Gasteiger partial charge in [-0.2, -0.15) is 0 Å². The van der Waals surface area contributed by atoms with E-state index in [-0.39, 0.29) is 39.1 Å². The SMILES string of the molecule is COCC(=O)N(Cc1ccc2c(c1)OCO2)Cc1cc(Cl)ccc1OCc1nc(CO)cs1. The lowest BCUT2D eigenvalue weighted by Crippen LogP contribution is -2.33. The van der Waals surface area contributed by atoms with Crippen molar-refractivity contribution in [1.29, 1.82) is 0 Å². The predicted molar refractivity (Wildman–Crippen MR) is 123 cm³/mol. The summed E-state index contributed by atoms with van der Waals surface area (Å²) in [6.07, 6.45) is 0. The van der Waals surface area contributed by atoms with E-state index >= 15 is 0 Å². The molecule has 8 nitrogen and oxygen atoms in total. The average Bonchev–Trinajstić information content (AvgIpc) is 3.47. The van der Waals surface area contributed by atoms with E-state index in [1.54, 1.807) is 28.5 Å². The third kappa shape index (κ3) is 5.94. The molecule has 0 bridgehead atoms. The van der Waals surface area contributed by atoms with Crippen molar-refractivity contribution in [3.05, 3.63) is 68.6 Å². The molecule has 33 heavy (non-hydrogen) atoms. The van der Waals surface area contributed by atoms with Gasteiger partial charge in [0, 0.05) is 36.2 Å². The first kappa shape index (κ1) is 23.3. The quantitative estimate of drug-likeness (QED) is 0.462. The van der Waals surface area contributed by atoms with E-state index in [0.29, 0.717) is 34.5 Å². The maximum Gasteiger partial charge on any atom is 0.249 e. The molecule has 4 rings (SSSR count). The maximum absolute atomic E-state index is 12.8. The summed E-state index contributed by atoms with van der Waals surface area (Å²) in [5.41, 5.74) is 2.26. The molecule has 0 fully saturated rings. The number of thiazole rings is 1. The number of halogens is 1. The van der Waals surface area contributed by atoms with Crippen LogP contribution in [0.4, 0.5) is 0 Å². The number of hydrogen-bond donors (Lipinski definition) is 1. The molecule has 0 saturated heterocycles. The van der Waals surface area contributed by atoms with Gasteiger partial charge in [0.1, 0.15) is 24.0 Å². The van der Waals surface area contributed by atoms with Gasteiger partial charge in [-0.15, -0.1) is 11.3 Å². The number of fused-ring (bicyclic) bond motifs is 1. The van der Waals surface area contributed by atoms with E-state index < -0.39 is 0 Å². The standard InChI is InChI=1S/C23H23ClN2O6S/c1-29-12-23(28)26(8-15-2-4-20-21(6-15)32-14-31-20)9-16-7-17(24)3-5-19(16)30-11-22-25-18(10-27)13-33-22/h2-7,13,27H,8-12,14H2,1H3. The van der Waals surface area contributed by atoms with Crippen molar-refractivity contribution in [2.45, 2.75) is 26.3 Å². The molecule has 0 radical (unpaired) electrons. The summed E-state index contributed by atoms with van der Waals surface area (Å²) < 4.78 is 21.9. The summed E-state index contributed by atoms with van der Waals surface area (Å²) in [7, 11) is 1.49. The Bertz CT molecular complexity index is 1120. The van der Waals surface area contributed by atoms with Crippen molar-refractivity contribution in [3.63, 3.8) is 0 Å². The zero-order valence-electron chi connectivity index (χ0n) is 18.0. The molecule has 0 spiro atoms. The molecule has 3 aromatic rings. The number of aromatic nitrogens is 1. The highest BCUT2D eigenvalue weighted by atomic mass is 35.5. The summed E-state index contributed by atoms with van der Waals surface area (Å²) >= 11 is 7.67. The topological polar surface area (TPSA) is 90.4 Å². The van der Waals surface area contributed by atoms with Crippen LogP contribution in [0.1, 0.15) is 21.8 Å². The van der Waals surface area contributed by atoms with Gasteiger partial charge in [0.2, 0.25) is 12.7 Å². The lowest BCUT2D eigenvalue weighted by atomic mass is 10.1. The van der Waals surface area contributed by atoms with Gasteiger partial charge in [0.05, 0.1) is 12.3 Å². The van der Waals surface area contributed by atoms with E-state index in [1.165, 1.54) is 18.4 Å². The molecule has 1 aliphatic rings. The zero-order valence-corrected chi connectivity index (χ0v) is 19.5. The Morgan fingerprint density at radius 2 is 2.06 bits per heavy atom. The maximum atomic E-state index is 12.8. The van der Waals surface area contributed by atoms with Crippen molar-refractivity contribution in [2.24, 2.45) is 0 Å². The molecule has 1 N–H and O–H groups in total. The highest BCUT2D eigenvalue weighted by Gasteiger charge is 2.20. The first-order chi connectivity index (χ1) is 16.1. The van der Waals surface area contributed by atoms with E-state index in [1.807, 2.05) is 18.2 Å². The third-order valence-electron chi connectivity index (χ3n) is 4.93. The second-order valence-corrected chi connectivity index (χ2v) is 8.68. The summed E-state index contributed by atoms with van der Waals surface area (Å²) in [5.74, 6) is 1.77. The van der Waals surface area contributed by atoms with Gasteiger partial charge >= 0.3 is 0 Å². The van der Waals surface area contributed by atoms with Gasteiger partial charge < -0.3 is 29.0 Å². The summed E-state index contributed by atoms with van der Waals surface area (Å²) in [4.78, 5) is 18.8. The monoisotopic (exact) mass is 490 g/mol. The second-order valence-electron chi connectivity index (χ2n) is 7.30. The fourth-order valence-electron chi connectivity index (χ4n) is 3.35. The van der Waals surface area contributed by atoms with Crippen LogP contribution in [0, 0.1) is 0 Å². The van der Waals surface area contributed by atoms with E-state index in [0.717, 1.165) is 16.1 Å². The fourth-order valence-corrected chi connectivity index (χ4v) is 4.24. The smallest absolute Gasteiger partial charge is 0.249 e. The second kappa shape index (κ2) is 10.8. The largest absolute Gasteiger partial charge is 0.486 e. The number of aliphatic hydroxyl groups is 1. The summed E-state index contributed by atoms with van der Waals surface area (Å²) in [6, 6.07) is 10.9. The Morgan fingerprint density at radius 1 is 1.21 bits per heavy atom. The third-order valence-corrected chi connectivity index (χ3v) is 6.03. The van der Waals surface area contributed by atoms with Crippen LogP contribution in [0.2, 0.25) is 5.02 Å². The van der Waals surface area contributed by atoms with Crippen molar-refractivity contribution in [2.75, 3.05) is 20.5 Å². The number of amides is 1. The van der Waals surface area contributed by atoms with Gasteiger partial charge in [-0.1, -0.05) is 17.7 Å². The van der Waals surface area contributed by atoms with Crippen molar-refractivity contribution < 1.29 is 28.8 Å². The number of carbonyl (C=O) groups excluding carboxylic acids is 1. The molecule has 10 heteroatoms. The molecule has 2 aromatic carbocycles. The molecule has 0 unspecified atom stereocenters. The van der Waals surface area contributed by atoms with E-state index in [4.69, 9.17) is 30.5 Å². The van der Waals surface area contributed by atoms with Gasteiger partial charge in [-0.05, 0) is 35.9 Å². The average molecular weight is 491 g/mol. The number of hydrogen-bond acceptors (Lipinski definition) is 8. The van der Waals surface area contributed by atoms with Crippen LogP contribution in [-0.2, 0) is 35.8 Å². The molecule has 1 aliphatic heterocycles. The molecular formula is C23H23ClN2O6S. The normalized spacial score (nSPS) is 12.1. The zero-order chi connectivity index (χ0) is 23.2. The van der Waals surface area contributed by atoms with Gasteiger partial charge in [-0.3, -0.25) is 4.79 Å². The van der Waals surface area contributed by atoms with Crippen LogP contribution in [0.3, 0.4) is 0 Å². The van der Waals surface area contributed by atoms with Crippen LogP contribution >= 0.6 is 22.9 Å². The number of carbonyl (C=O) groups is 1. The highest BCUT2D eigenvalue weighted by molar-refractivity contribution is 7.09. The minimum atomic E-state index is -0.173. The van der Waals surface area contributed by atoms with Crippen LogP contribution in [0.5, 0.6) is 17.2 Å². The predicted octanol–water partition coefficient (Wildman–Crippen LogP) is 3.77. The molecule has 0 saturated carbocycles. The van der Waals surface area contributed by atoms with Crippen LogP contribution < -0.4 is 14.2 Å². The van der Waals surface area contributed by atoms with Crippen molar-refractivity contribution in [1.82, 2.24) is 9.88 Å². The van der Waals surface area contributed by atoms with Crippen LogP contribution in [0.15, 0.2) is 41.8 Å². The van der Waals surface area contributed by atoms with E-state index in [2.05, 4.69) is 4.98 Å². The number of benzene rings is 2. The molecule has 1 aromatic heterocycles. The molecule has 2 heterocycles. The molecule has 174 valence electrons. The Balaban J connectivity index is 1.53. The first-order valence-corrected chi connectivity index (χ1v) is 11.4. The first-order valence-electron chi connectivity index (χ1n) is 10.2. The van der Waals surface area contributed by atoms with Crippen molar-refractivity contribution in [3.8, 4) is 17.2 Å². The fraction of sp³-hybridized carbons (Fsp3) is 0.304. The molecular weight excluding hydrogens is 468 g/mol. The minimum absolute atomic E-state index is 0.0512. The van der Waals surface area contributed by atoms with Crippen LogP contribution in [0.25, 0.3) is 0 Å². The Hall–Kier alpha value is -2.85. The van der Waals surface area contributed by atoms with Gasteiger partial charge in [0.15, 0.2) is 11.5 Å². The number of nitrogens with zero attached hydrogens (tertiary/aromatic N) is 2. The van der Waals surface area contributed by atoms with Crippen LogP contribution in [-0.4, -0.2) is 41.4 Å². The number of rotatable bonds is 10. The number of methoxy groups -OCH3 is 1. The Labute approximate surface area is 200 Å². The minimum Gasteiger partial charge on any atom is -0.486 e. The Kier molecular flexibility index (Phi) is 7.66. The number of ether oxygens (including phenoxy) is 4. The van der Waals surface area contributed by atoms with Gasteiger partial charge in [0.25, 0.3) is 0 Å². The lowest BCUT2D eigenvalue weighted by Gasteiger charge is -2.24. The van der Waals surface area contributed by atoms with E-state index in [9.17, 15) is 9.90 Å². The van der Waals surface area contributed by atoms with Crippen molar-refractivity contribution >= 4 is 28.8 Å². The lowest BCUT2D eigenvalue weighted by molar-refractivity contribution is -0.136. The molecule has 0 atom stereocenters. The number of aliphatic hydroxyl groups excluding tert-OH is 1. The summed E-state index contributed by atoms with van der Waals surface area (Å²) in [6.45, 7) is 0.883. The highest BCUT2D eigenvalue weighted by Crippen LogP contribution is 2.33.